The third kappa shape index (κ3) is 2.11. The van der Waals surface area contributed by atoms with Crippen molar-refractivity contribution in [2.45, 2.75) is 39.0 Å². The molecule has 1 saturated heterocycles. The third-order valence-electron chi connectivity index (χ3n) is 3.67. The molecule has 0 aromatic carbocycles. The molecule has 0 saturated carbocycles. The smallest absolute Gasteiger partial charge is 0.263 e. The van der Waals surface area contributed by atoms with Crippen LogP contribution < -0.4 is 10.5 Å². The second-order valence-corrected chi connectivity index (χ2v) is 5.43. The van der Waals surface area contributed by atoms with Crippen LogP contribution in [0.4, 0.5) is 5.95 Å². The maximum absolute atomic E-state index is 12.2. The second kappa shape index (κ2) is 4.68. The minimum Gasteiger partial charge on any atom is -0.342 e. The average Bonchev–Trinajstić information content (AvgIpc) is 2.84. The first-order valence-corrected chi connectivity index (χ1v) is 6.90. The minimum atomic E-state index is -0.0944. The topological polar surface area (TPSA) is 77.7 Å². The third-order valence-corrected chi connectivity index (χ3v) is 3.67. The Balaban J connectivity index is 2.07. The minimum absolute atomic E-state index is 0.0944. The Morgan fingerprint density at radius 3 is 2.63 bits per heavy atom. The van der Waals surface area contributed by atoms with Gasteiger partial charge in [-0.25, -0.2) is 0 Å². The van der Waals surface area contributed by atoms with Crippen LogP contribution in [0.3, 0.4) is 0 Å². The highest BCUT2D eigenvalue weighted by molar-refractivity contribution is 5.78. The van der Waals surface area contributed by atoms with Gasteiger partial charge in [-0.1, -0.05) is 13.8 Å². The molecule has 19 heavy (non-hydrogen) atoms. The lowest BCUT2D eigenvalue weighted by atomic mass is 10.1. The van der Waals surface area contributed by atoms with Crippen molar-refractivity contribution in [3.05, 3.63) is 16.0 Å². The van der Waals surface area contributed by atoms with Crippen LogP contribution in [0.15, 0.2) is 4.79 Å². The van der Waals surface area contributed by atoms with Gasteiger partial charge in [0, 0.05) is 13.1 Å². The molecule has 3 rings (SSSR count). The zero-order valence-electron chi connectivity index (χ0n) is 11.4. The van der Waals surface area contributed by atoms with Crippen LogP contribution in [-0.4, -0.2) is 33.3 Å². The molecule has 1 fully saturated rings. The predicted octanol–water partition coefficient (Wildman–Crippen LogP) is 1.76. The summed E-state index contributed by atoms with van der Waals surface area (Å²) in [7, 11) is 0. The first-order valence-electron chi connectivity index (χ1n) is 6.90. The highest BCUT2D eigenvalue weighted by Crippen LogP contribution is 2.20. The van der Waals surface area contributed by atoms with E-state index < -0.39 is 0 Å². The number of aromatic amines is 2. The van der Waals surface area contributed by atoms with Crippen molar-refractivity contribution in [3.8, 4) is 0 Å². The second-order valence-electron chi connectivity index (χ2n) is 5.43. The molecule has 6 heteroatoms. The molecule has 6 nitrogen and oxygen atoms in total. The highest BCUT2D eigenvalue weighted by atomic mass is 16.1. The molecule has 2 aromatic rings. The molecular weight excluding hydrogens is 242 g/mol. The van der Waals surface area contributed by atoms with E-state index >= 15 is 0 Å². The summed E-state index contributed by atoms with van der Waals surface area (Å²) in [5, 5.41) is 7.70. The Labute approximate surface area is 111 Å². The normalized spacial score (nSPS) is 16.5. The van der Waals surface area contributed by atoms with E-state index in [0.29, 0.717) is 17.0 Å². The average molecular weight is 261 g/mol. The maximum Gasteiger partial charge on any atom is 0.263 e. The van der Waals surface area contributed by atoms with Gasteiger partial charge in [-0.3, -0.25) is 14.9 Å². The molecule has 0 bridgehead atoms. The van der Waals surface area contributed by atoms with Gasteiger partial charge < -0.3 is 4.90 Å². The van der Waals surface area contributed by atoms with Crippen molar-refractivity contribution in [2.24, 2.45) is 0 Å². The summed E-state index contributed by atoms with van der Waals surface area (Å²) in [6, 6.07) is 0. The van der Waals surface area contributed by atoms with Gasteiger partial charge in [0.1, 0.15) is 5.39 Å². The van der Waals surface area contributed by atoms with Gasteiger partial charge in [0.05, 0.1) is 5.69 Å². The Morgan fingerprint density at radius 1 is 1.21 bits per heavy atom. The van der Waals surface area contributed by atoms with Crippen LogP contribution in [0.5, 0.6) is 0 Å². The number of piperidine rings is 1. The van der Waals surface area contributed by atoms with Crippen molar-refractivity contribution in [2.75, 3.05) is 18.0 Å². The number of nitrogens with zero attached hydrogens (tertiary/aromatic N) is 3. The number of fused-ring (bicyclic) bond motifs is 1. The van der Waals surface area contributed by atoms with E-state index in [-0.39, 0.29) is 11.5 Å². The van der Waals surface area contributed by atoms with Crippen LogP contribution in [0.2, 0.25) is 0 Å². The molecule has 0 amide bonds. The predicted molar refractivity (Wildman–Crippen MR) is 74.7 cm³/mol. The summed E-state index contributed by atoms with van der Waals surface area (Å²) in [5.74, 6) is 0.882. The summed E-state index contributed by atoms with van der Waals surface area (Å²) in [6.45, 7) is 5.97. The van der Waals surface area contributed by atoms with Crippen LogP contribution in [0, 0.1) is 0 Å². The fourth-order valence-corrected chi connectivity index (χ4v) is 2.62. The first-order chi connectivity index (χ1) is 9.16. The number of rotatable bonds is 2. The van der Waals surface area contributed by atoms with Crippen LogP contribution >= 0.6 is 0 Å². The Morgan fingerprint density at radius 2 is 1.95 bits per heavy atom. The molecule has 102 valence electrons. The molecule has 3 heterocycles. The molecule has 0 radical (unpaired) electrons. The van der Waals surface area contributed by atoms with Gasteiger partial charge in [0.2, 0.25) is 5.95 Å². The van der Waals surface area contributed by atoms with Gasteiger partial charge in [0.25, 0.3) is 5.56 Å². The van der Waals surface area contributed by atoms with Crippen LogP contribution in [0.1, 0.15) is 44.7 Å². The zero-order valence-corrected chi connectivity index (χ0v) is 11.4. The molecule has 0 aliphatic carbocycles. The summed E-state index contributed by atoms with van der Waals surface area (Å²) >= 11 is 0. The van der Waals surface area contributed by atoms with Crippen molar-refractivity contribution < 1.29 is 0 Å². The lowest BCUT2D eigenvalue weighted by Gasteiger charge is -2.26. The van der Waals surface area contributed by atoms with Gasteiger partial charge >= 0.3 is 0 Å². The number of hydrogen-bond donors (Lipinski definition) is 2. The van der Waals surface area contributed by atoms with E-state index in [1.807, 2.05) is 13.8 Å². The van der Waals surface area contributed by atoms with Crippen LogP contribution in [-0.2, 0) is 0 Å². The Hall–Kier alpha value is -1.85. The summed E-state index contributed by atoms with van der Waals surface area (Å²) in [6.07, 6.45) is 3.56. The van der Waals surface area contributed by atoms with E-state index in [0.717, 1.165) is 31.6 Å². The van der Waals surface area contributed by atoms with E-state index in [4.69, 9.17) is 0 Å². The fourth-order valence-electron chi connectivity index (χ4n) is 2.62. The Kier molecular flexibility index (Phi) is 3.00. The SMILES string of the molecule is CC(C)c1[nH]nc2nc(N3CCCCC3)[nH]c(=O)c12. The van der Waals surface area contributed by atoms with E-state index in [9.17, 15) is 4.79 Å². The first kappa shape index (κ1) is 12.2. The van der Waals surface area contributed by atoms with Crippen molar-refractivity contribution in [1.82, 2.24) is 20.2 Å². The largest absolute Gasteiger partial charge is 0.342 e. The quantitative estimate of drug-likeness (QED) is 0.863. The summed E-state index contributed by atoms with van der Waals surface area (Å²) in [4.78, 5) is 21.8. The number of anilines is 1. The summed E-state index contributed by atoms with van der Waals surface area (Å²) < 4.78 is 0. The zero-order chi connectivity index (χ0) is 13.4. The van der Waals surface area contributed by atoms with E-state index in [2.05, 4.69) is 25.1 Å². The van der Waals surface area contributed by atoms with Crippen molar-refractivity contribution in [3.63, 3.8) is 0 Å². The van der Waals surface area contributed by atoms with E-state index in [1.165, 1.54) is 6.42 Å². The Bertz CT molecular complexity index is 636. The van der Waals surface area contributed by atoms with Crippen LogP contribution in [0.25, 0.3) is 11.0 Å². The molecule has 2 aromatic heterocycles. The lowest BCUT2D eigenvalue weighted by Crippen LogP contribution is -2.32. The number of H-pyrrole nitrogens is 2. The van der Waals surface area contributed by atoms with Gasteiger partial charge in [0.15, 0.2) is 5.65 Å². The van der Waals surface area contributed by atoms with E-state index in [1.54, 1.807) is 0 Å². The molecule has 1 aliphatic heterocycles. The van der Waals surface area contributed by atoms with Gasteiger partial charge in [-0.05, 0) is 25.2 Å². The van der Waals surface area contributed by atoms with Gasteiger partial charge in [-0.2, -0.15) is 10.1 Å². The monoisotopic (exact) mass is 261 g/mol. The fraction of sp³-hybridized carbons (Fsp3) is 0.615. The molecule has 0 unspecified atom stereocenters. The number of nitrogens with one attached hydrogen (secondary N) is 2. The van der Waals surface area contributed by atoms with Crippen molar-refractivity contribution >= 4 is 17.0 Å². The summed E-state index contributed by atoms with van der Waals surface area (Å²) in [5.41, 5.74) is 1.28. The number of aromatic nitrogens is 4. The number of hydrogen-bond acceptors (Lipinski definition) is 4. The standard InChI is InChI=1S/C13H19N5O/c1-8(2)10-9-11(17-16-10)14-13(15-12(9)19)18-6-4-3-5-7-18/h8H,3-7H2,1-2H3,(H2,14,15,16,17,19). The van der Waals surface area contributed by atoms with Gasteiger partial charge in [-0.15, -0.1) is 0 Å². The highest BCUT2D eigenvalue weighted by Gasteiger charge is 2.18. The molecule has 0 atom stereocenters. The molecule has 2 N–H and O–H groups in total. The molecular formula is C13H19N5O. The molecule has 1 aliphatic rings. The lowest BCUT2D eigenvalue weighted by molar-refractivity contribution is 0.568. The van der Waals surface area contributed by atoms with Crippen molar-refractivity contribution in [1.29, 1.82) is 0 Å². The molecule has 0 spiro atoms. The maximum atomic E-state index is 12.2.